The van der Waals surface area contributed by atoms with Crippen LogP contribution in [0.2, 0.25) is 0 Å². The number of hydrogen-bond acceptors (Lipinski definition) is 4. The normalized spacial score (nSPS) is 12.2. The van der Waals surface area contributed by atoms with Gasteiger partial charge in [-0.25, -0.2) is 4.68 Å². The van der Waals surface area contributed by atoms with Gasteiger partial charge in [0.15, 0.2) is 5.69 Å². The molecule has 1 heterocycles. The number of amides is 1. The average molecular weight is 490 g/mol. The molecule has 0 saturated heterocycles. The summed E-state index contributed by atoms with van der Waals surface area (Å²) >= 11 is 0. The van der Waals surface area contributed by atoms with Gasteiger partial charge in [-0.15, -0.1) is 0 Å². The van der Waals surface area contributed by atoms with Crippen molar-refractivity contribution in [1.82, 2.24) is 14.7 Å². The Morgan fingerprint density at radius 2 is 1.67 bits per heavy atom. The molecule has 0 saturated carbocycles. The monoisotopic (exact) mass is 489 g/mol. The summed E-state index contributed by atoms with van der Waals surface area (Å²) in [6, 6.07) is 25.4. The molecule has 0 spiro atoms. The lowest BCUT2D eigenvalue weighted by Crippen LogP contribution is -2.21. The zero-order chi connectivity index (χ0) is 25.9. The van der Waals surface area contributed by atoms with Gasteiger partial charge in [0.25, 0.3) is 5.91 Å². The maximum absolute atomic E-state index is 13.4. The zero-order valence-electron chi connectivity index (χ0n) is 19.5. The number of halogens is 3. The largest absolute Gasteiger partial charge is 0.435 e. The van der Waals surface area contributed by atoms with Crippen LogP contribution in [0.25, 0.3) is 5.69 Å². The highest BCUT2D eigenvalue weighted by molar-refractivity contribution is 6.03. The van der Waals surface area contributed by atoms with E-state index in [0.717, 1.165) is 15.8 Å². The molecule has 4 aromatic rings. The summed E-state index contributed by atoms with van der Waals surface area (Å²) in [5.41, 5.74) is 1.25. The lowest BCUT2D eigenvalue weighted by Gasteiger charge is -2.25. The highest BCUT2D eigenvalue weighted by Gasteiger charge is 2.36. The first-order valence-electron chi connectivity index (χ1n) is 11.0. The Labute approximate surface area is 206 Å². The third-order valence-corrected chi connectivity index (χ3v) is 5.54. The van der Waals surface area contributed by atoms with Crippen molar-refractivity contribution < 1.29 is 18.0 Å². The minimum Gasteiger partial charge on any atom is -0.321 e. The van der Waals surface area contributed by atoms with Gasteiger partial charge in [0.2, 0.25) is 0 Å². The molecule has 1 amide bonds. The molecular formula is C27H22F3N5O. The first-order chi connectivity index (χ1) is 17.2. The molecule has 1 unspecified atom stereocenters. The molecule has 0 aliphatic heterocycles. The first-order valence-corrected chi connectivity index (χ1v) is 11.0. The molecule has 0 aliphatic carbocycles. The Morgan fingerprint density at radius 3 is 2.33 bits per heavy atom. The molecular weight excluding hydrogens is 467 g/mol. The lowest BCUT2D eigenvalue weighted by molar-refractivity contribution is -0.141. The predicted octanol–water partition coefficient (Wildman–Crippen LogP) is 5.67. The molecule has 3 aromatic carbocycles. The predicted molar refractivity (Wildman–Crippen MR) is 130 cm³/mol. The van der Waals surface area contributed by atoms with Crippen molar-refractivity contribution in [1.29, 1.82) is 5.26 Å². The van der Waals surface area contributed by atoms with Crippen LogP contribution in [-0.4, -0.2) is 34.7 Å². The number of hydrogen-bond donors (Lipinski definition) is 1. The number of carbonyl (C=O) groups excluding carboxylic acids is 1. The molecule has 1 N–H and O–H groups in total. The quantitative estimate of drug-likeness (QED) is 0.379. The maximum Gasteiger partial charge on any atom is 0.435 e. The van der Waals surface area contributed by atoms with Gasteiger partial charge in [-0.05, 0) is 55.6 Å². The fraction of sp³-hybridized carbons (Fsp3) is 0.148. The highest BCUT2D eigenvalue weighted by atomic mass is 19.4. The Morgan fingerprint density at radius 1 is 0.972 bits per heavy atom. The Kier molecular flexibility index (Phi) is 6.90. The van der Waals surface area contributed by atoms with Gasteiger partial charge in [-0.1, -0.05) is 48.5 Å². The van der Waals surface area contributed by atoms with Gasteiger partial charge in [-0.3, -0.25) is 9.69 Å². The molecule has 36 heavy (non-hydrogen) atoms. The smallest absolute Gasteiger partial charge is 0.321 e. The molecule has 0 bridgehead atoms. The Bertz CT molecular complexity index is 1420. The SMILES string of the molecule is CN(C)C(c1ccccc1)c1cccc(NC(=O)c2cc(C(F)(F)F)nn2-c2cccc(C#N)c2)c1. The van der Waals surface area contributed by atoms with Gasteiger partial charge in [0.1, 0.15) is 5.69 Å². The van der Waals surface area contributed by atoms with E-state index in [4.69, 9.17) is 5.26 Å². The minimum absolute atomic E-state index is 0.0980. The van der Waals surface area contributed by atoms with E-state index in [0.29, 0.717) is 11.8 Å². The van der Waals surface area contributed by atoms with Crippen molar-refractivity contribution in [3.05, 3.63) is 113 Å². The van der Waals surface area contributed by atoms with E-state index in [-0.39, 0.29) is 23.0 Å². The van der Waals surface area contributed by atoms with Crippen molar-refractivity contribution in [2.75, 3.05) is 19.4 Å². The molecule has 0 aliphatic rings. The Hall–Kier alpha value is -4.42. The van der Waals surface area contributed by atoms with Gasteiger partial charge < -0.3 is 5.32 Å². The summed E-state index contributed by atoms with van der Waals surface area (Å²) in [6.07, 6.45) is -4.75. The van der Waals surface area contributed by atoms with Gasteiger partial charge in [0, 0.05) is 11.8 Å². The number of nitriles is 1. The maximum atomic E-state index is 13.4. The Balaban J connectivity index is 1.70. The number of carbonyl (C=O) groups is 1. The van der Waals surface area contributed by atoms with Crippen LogP contribution < -0.4 is 5.32 Å². The second-order valence-electron chi connectivity index (χ2n) is 8.34. The molecule has 182 valence electrons. The summed E-state index contributed by atoms with van der Waals surface area (Å²) in [4.78, 5) is 15.2. The van der Waals surface area contributed by atoms with Crippen LogP contribution in [0.5, 0.6) is 0 Å². The van der Waals surface area contributed by atoms with E-state index in [1.54, 1.807) is 18.2 Å². The number of aromatic nitrogens is 2. The van der Waals surface area contributed by atoms with Crippen LogP contribution >= 0.6 is 0 Å². The van der Waals surface area contributed by atoms with Crippen LogP contribution in [0.15, 0.2) is 84.9 Å². The van der Waals surface area contributed by atoms with E-state index in [1.807, 2.05) is 61.5 Å². The minimum atomic E-state index is -4.75. The van der Waals surface area contributed by atoms with Crippen molar-refractivity contribution in [2.45, 2.75) is 12.2 Å². The van der Waals surface area contributed by atoms with E-state index in [2.05, 4.69) is 10.4 Å². The third-order valence-electron chi connectivity index (χ3n) is 5.54. The number of alkyl halides is 3. The lowest BCUT2D eigenvalue weighted by atomic mass is 9.97. The van der Waals surface area contributed by atoms with Gasteiger partial charge >= 0.3 is 6.18 Å². The van der Waals surface area contributed by atoms with E-state index in [1.165, 1.54) is 24.3 Å². The van der Waals surface area contributed by atoms with E-state index in [9.17, 15) is 18.0 Å². The van der Waals surface area contributed by atoms with E-state index < -0.39 is 17.8 Å². The van der Waals surface area contributed by atoms with E-state index >= 15 is 0 Å². The van der Waals surface area contributed by atoms with Crippen molar-refractivity contribution in [3.8, 4) is 11.8 Å². The number of nitrogens with one attached hydrogen (secondary N) is 1. The first kappa shape index (κ1) is 24.7. The summed E-state index contributed by atoms with van der Waals surface area (Å²) in [7, 11) is 3.88. The fourth-order valence-corrected chi connectivity index (χ4v) is 3.99. The van der Waals surface area contributed by atoms with Gasteiger partial charge in [0.05, 0.1) is 23.4 Å². The van der Waals surface area contributed by atoms with Crippen LogP contribution in [0.3, 0.4) is 0 Å². The van der Waals surface area contributed by atoms with Crippen molar-refractivity contribution in [3.63, 3.8) is 0 Å². The number of nitrogens with zero attached hydrogens (tertiary/aromatic N) is 4. The van der Waals surface area contributed by atoms with Crippen LogP contribution in [0.1, 0.15) is 38.9 Å². The molecule has 1 aromatic heterocycles. The second-order valence-corrected chi connectivity index (χ2v) is 8.34. The molecule has 9 heteroatoms. The third kappa shape index (κ3) is 5.29. The summed E-state index contributed by atoms with van der Waals surface area (Å²) in [6.45, 7) is 0. The van der Waals surface area contributed by atoms with Crippen LogP contribution in [0, 0.1) is 11.3 Å². The summed E-state index contributed by atoms with van der Waals surface area (Å²) in [5, 5.41) is 15.5. The fourth-order valence-electron chi connectivity index (χ4n) is 3.99. The zero-order valence-corrected chi connectivity index (χ0v) is 19.5. The molecule has 1 atom stereocenters. The number of anilines is 1. The standard InChI is InChI=1S/C27H22F3N5O/c1-34(2)25(19-9-4-3-5-10-19)20-11-7-12-21(15-20)32-26(36)23-16-24(27(28,29)30)33-35(23)22-13-6-8-18(14-22)17-31/h3-16,25H,1-2H3,(H,32,36). The number of rotatable bonds is 6. The van der Waals surface area contributed by atoms with Crippen molar-refractivity contribution >= 4 is 11.6 Å². The number of benzene rings is 3. The average Bonchev–Trinajstić information content (AvgIpc) is 3.32. The molecule has 4 rings (SSSR count). The van der Waals surface area contributed by atoms with Crippen LogP contribution in [-0.2, 0) is 6.18 Å². The molecule has 0 fully saturated rings. The summed E-state index contributed by atoms with van der Waals surface area (Å²) < 4.78 is 41.2. The topological polar surface area (TPSA) is 74.0 Å². The van der Waals surface area contributed by atoms with Crippen molar-refractivity contribution in [2.24, 2.45) is 0 Å². The van der Waals surface area contributed by atoms with Crippen LogP contribution in [0.4, 0.5) is 18.9 Å². The molecule has 6 nitrogen and oxygen atoms in total. The summed E-state index contributed by atoms with van der Waals surface area (Å²) in [5.74, 6) is -0.765. The molecule has 0 radical (unpaired) electrons. The highest BCUT2D eigenvalue weighted by Crippen LogP contribution is 2.31. The second kappa shape index (κ2) is 10.1. The van der Waals surface area contributed by atoms with Gasteiger partial charge in [-0.2, -0.15) is 23.5 Å².